The van der Waals surface area contributed by atoms with E-state index in [2.05, 4.69) is 28.2 Å². The Morgan fingerprint density at radius 1 is 0.917 bits per heavy atom. The summed E-state index contributed by atoms with van der Waals surface area (Å²) in [6.07, 6.45) is 5.93. The van der Waals surface area contributed by atoms with Gasteiger partial charge in [0.05, 0.1) is 12.1 Å². The van der Waals surface area contributed by atoms with Crippen molar-refractivity contribution in [2.75, 3.05) is 20.1 Å². The molecule has 0 aromatic carbocycles. The lowest BCUT2D eigenvalue weighted by atomic mass is 9.92. The first kappa shape index (κ1) is 41.4. The molecule has 0 radical (unpaired) electrons. The highest BCUT2D eigenvalue weighted by molar-refractivity contribution is 5.95. The number of aliphatic hydroxyl groups is 2. The minimum Gasteiger partial charge on any atom is -0.461 e. The SMILES string of the molecule is CCCCCC[C@H]1OC(=O)CNC(=O)[C@H]([C@H](C)O)NC(=O)[C@H](CN)NC(=O)[C@H]([C@H](C)CC)NC(=O)[C@H](CC2CCCC2)N(C)C(O)[C@@H]1C. The van der Waals surface area contributed by atoms with Crippen LogP contribution in [0.15, 0.2) is 0 Å². The number of nitrogens with zero attached hydrogens (tertiary/aromatic N) is 1. The number of nitrogens with two attached hydrogens (primary N) is 1. The highest BCUT2D eigenvalue weighted by atomic mass is 16.5. The van der Waals surface area contributed by atoms with Gasteiger partial charge in [-0.1, -0.05) is 79.1 Å². The van der Waals surface area contributed by atoms with Gasteiger partial charge in [-0.05, 0) is 45.1 Å². The highest BCUT2D eigenvalue weighted by Gasteiger charge is 2.39. The van der Waals surface area contributed by atoms with Crippen LogP contribution in [0.25, 0.3) is 0 Å². The van der Waals surface area contributed by atoms with Crippen molar-refractivity contribution in [3.63, 3.8) is 0 Å². The fourth-order valence-corrected chi connectivity index (χ4v) is 6.55. The Morgan fingerprint density at radius 3 is 2.15 bits per heavy atom. The van der Waals surface area contributed by atoms with Crippen molar-refractivity contribution in [2.24, 2.45) is 23.5 Å². The number of hydrogen-bond acceptors (Lipinski definition) is 10. The lowest BCUT2D eigenvalue weighted by molar-refractivity contribution is -0.161. The number of ether oxygens (including phenoxy) is 1. The van der Waals surface area contributed by atoms with Crippen molar-refractivity contribution in [1.82, 2.24) is 26.2 Å². The van der Waals surface area contributed by atoms with Crippen molar-refractivity contribution in [3.8, 4) is 0 Å². The maximum Gasteiger partial charge on any atom is 0.325 e. The molecule has 2 fully saturated rings. The van der Waals surface area contributed by atoms with Crippen LogP contribution in [0, 0.1) is 17.8 Å². The summed E-state index contributed by atoms with van der Waals surface area (Å²) >= 11 is 0. The van der Waals surface area contributed by atoms with Crippen molar-refractivity contribution in [2.45, 2.75) is 148 Å². The molecule has 2 rings (SSSR count). The molecule has 1 saturated heterocycles. The summed E-state index contributed by atoms with van der Waals surface area (Å²) in [6, 6.07) is -4.55. The van der Waals surface area contributed by atoms with E-state index in [0.29, 0.717) is 19.3 Å². The van der Waals surface area contributed by atoms with Gasteiger partial charge in [0.2, 0.25) is 23.6 Å². The number of cyclic esters (lactones) is 1. The number of likely N-dealkylation sites (N-methyl/N-ethyl adjacent to an activating group) is 1. The van der Waals surface area contributed by atoms with Crippen molar-refractivity contribution < 1.29 is 38.9 Å². The maximum absolute atomic E-state index is 14.1. The van der Waals surface area contributed by atoms with E-state index in [1.807, 2.05) is 13.8 Å². The fraction of sp³-hybridized carbons (Fsp3) is 0.853. The largest absolute Gasteiger partial charge is 0.461 e. The van der Waals surface area contributed by atoms with Crippen LogP contribution in [0.3, 0.4) is 0 Å². The quantitative estimate of drug-likeness (QED) is 0.120. The van der Waals surface area contributed by atoms with Crippen LogP contribution >= 0.6 is 0 Å². The van der Waals surface area contributed by atoms with Gasteiger partial charge in [0.25, 0.3) is 0 Å². The average Bonchev–Trinajstić information content (AvgIpc) is 3.58. The van der Waals surface area contributed by atoms with E-state index in [4.69, 9.17) is 10.5 Å². The molecule has 1 unspecified atom stereocenters. The van der Waals surface area contributed by atoms with Gasteiger partial charge in [0, 0.05) is 12.5 Å². The first-order chi connectivity index (χ1) is 22.7. The summed E-state index contributed by atoms with van der Waals surface area (Å²) in [6.45, 7) is 8.00. The Kier molecular flexibility index (Phi) is 17.8. The summed E-state index contributed by atoms with van der Waals surface area (Å²) in [5.41, 5.74) is 5.85. The molecule has 1 saturated carbocycles. The molecule has 14 heteroatoms. The number of unbranched alkanes of at least 4 members (excludes halogenated alkanes) is 3. The van der Waals surface area contributed by atoms with E-state index in [0.717, 1.165) is 51.4 Å². The van der Waals surface area contributed by atoms with Crippen LogP contribution in [0.4, 0.5) is 0 Å². The molecule has 0 bridgehead atoms. The van der Waals surface area contributed by atoms with Crippen LogP contribution in [0.2, 0.25) is 0 Å². The molecule has 48 heavy (non-hydrogen) atoms. The number of carbonyl (C=O) groups is 5. The predicted molar refractivity (Wildman–Crippen MR) is 181 cm³/mol. The Morgan fingerprint density at radius 2 is 1.56 bits per heavy atom. The second-order valence-corrected chi connectivity index (χ2v) is 13.8. The molecule has 0 aromatic rings. The zero-order chi connectivity index (χ0) is 36.0. The number of amides is 4. The molecule has 276 valence electrons. The second kappa shape index (κ2) is 20.6. The molecule has 4 amide bonds. The molecule has 0 spiro atoms. The Balaban J connectivity index is 2.54. The van der Waals surface area contributed by atoms with Crippen molar-refractivity contribution in [3.05, 3.63) is 0 Å². The van der Waals surface area contributed by atoms with E-state index >= 15 is 0 Å². The van der Waals surface area contributed by atoms with Crippen LogP contribution in [0.5, 0.6) is 0 Å². The van der Waals surface area contributed by atoms with Gasteiger partial charge < -0.3 is 42.0 Å². The Labute approximate surface area is 286 Å². The summed E-state index contributed by atoms with van der Waals surface area (Å²) in [4.78, 5) is 68.7. The fourth-order valence-electron chi connectivity index (χ4n) is 6.55. The average molecular weight is 683 g/mol. The molecule has 1 heterocycles. The molecular weight excluding hydrogens is 620 g/mol. The van der Waals surface area contributed by atoms with Crippen LogP contribution < -0.4 is 27.0 Å². The molecule has 0 aromatic heterocycles. The summed E-state index contributed by atoms with van der Waals surface area (Å²) < 4.78 is 5.84. The summed E-state index contributed by atoms with van der Waals surface area (Å²) in [7, 11) is 1.67. The number of rotatable bonds is 11. The topological polar surface area (TPSA) is 212 Å². The van der Waals surface area contributed by atoms with Gasteiger partial charge in [-0.15, -0.1) is 0 Å². The van der Waals surface area contributed by atoms with E-state index in [9.17, 15) is 34.2 Å². The summed E-state index contributed by atoms with van der Waals surface area (Å²) in [5, 5.41) is 32.4. The third-order valence-electron chi connectivity index (χ3n) is 10.1. The smallest absolute Gasteiger partial charge is 0.325 e. The molecular formula is C34H62N6O8. The number of nitrogens with one attached hydrogen (secondary N) is 4. The van der Waals surface area contributed by atoms with Crippen molar-refractivity contribution in [1.29, 1.82) is 0 Å². The first-order valence-corrected chi connectivity index (χ1v) is 17.9. The third kappa shape index (κ3) is 12.3. The van der Waals surface area contributed by atoms with Crippen molar-refractivity contribution >= 4 is 29.6 Å². The van der Waals surface area contributed by atoms with Gasteiger partial charge >= 0.3 is 5.97 Å². The summed E-state index contributed by atoms with van der Waals surface area (Å²) in [5.74, 6) is -4.12. The first-order valence-electron chi connectivity index (χ1n) is 17.9. The molecule has 2 aliphatic rings. The third-order valence-corrected chi connectivity index (χ3v) is 10.1. The zero-order valence-corrected chi connectivity index (χ0v) is 29.8. The number of aliphatic hydroxyl groups excluding tert-OH is 2. The Bertz CT molecular complexity index is 1050. The monoisotopic (exact) mass is 682 g/mol. The molecule has 14 nitrogen and oxygen atoms in total. The molecule has 8 N–H and O–H groups in total. The number of hydrogen-bond donors (Lipinski definition) is 7. The molecule has 1 aliphatic heterocycles. The Hall–Kier alpha value is -2.81. The predicted octanol–water partition coefficient (Wildman–Crippen LogP) is 0.674. The molecule has 9 atom stereocenters. The minimum absolute atomic E-state index is 0.265. The normalized spacial score (nSPS) is 30.9. The van der Waals surface area contributed by atoms with Gasteiger partial charge in [0.1, 0.15) is 37.0 Å². The van der Waals surface area contributed by atoms with E-state index < -0.39 is 84.7 Å². The van der Waals surface area contributed by atoms with Gasteiger partial charge in [-0.25, -0.2) is 0 Å². The van der Waals surface area contributed by atoms with Crippen LogP contribution in [-0.4, -0.2) is 107 Å². The van der Waals surface area contributed by atoms with Gasteiger partial charge in [-0.2, -0.15) is 0 Å². The van der Waals surface area contributed by atoms with Crippen LogP contribution in [0.1, 0.15) is 105 Å². The van der Waals surface area contributed by atoms with E-state index in [1.165, 1.54) is 6.92 Å². The lowest BCUT2D eigenvalue weighted by Gasteiger charge is -2.38. The standard InChI is InChI=1S/C34H62N6O8/c1-7-9-10-11-16-26-21(4)34(47)40(6)25(17-23-14-12-13-15-23)31(44)38-28(20(3)8-2)33(46)37-24(18-35)30(43)39-29(22(5)41)32(45)36-19-27(42)48-26/h20-26,28-29,34,41,47H,7-19,35H2,1-6H3,(H,36,45)(H,37,46)(H,38,44)(H,39,43)/t20-,21-,22+,24+,25+,26-,28+,29+,34?/m1/s1. The molecule has 1 aliphatic carbocycles. The van der Waals surface area contributed by atoms with Gasteiger partial charge in [-0.3, -0.25) is 28.9 Å². The number of carbonyl (C=O) groups excluding carboxylic acids is 5. The number of esters is 1. The minimum atomic E-state index is -1.46. The van der Waals surface area contributed by atoms with E-state index in [-0.39, 0.29) is 18.4 Å². The lowest BCUT2D eigenvalue weighted by Crippen LogP contribution is -2.62. The maximum atomic E-state index is 14.1. The van der Waals surface area contributed by atoms with Gasteiger partial charge in [0.15, 0.2) is 0 Å². The van der Waals surface area contributed by atoms with Crippen LogP contribution in [-0.2, 0) is 28.7 Å². The highest BCUT2D eigenvalue weighted by Crippen LogP contribution is 2.31. The zero-order valence-electron chi connectivity index (χ0n) is 29.8. The second-order valence-electron chi connectivity index (χ2n) is 13.8. The van der Waals surface area contributed by atoms with E-state index in [1.54, 1.807) is 18.9 Å².